The number of nitrogens with zero attached hydrogens (tertiary/aromatic N) is 1. The van der Waals surface area contributed by atoms with E-state index in [4.69, 9.17) is 23.2 Å². The molecule has 3 aromatic carbocycles. The number of halogens is 3. The van der Waals surface area contributed by atoms with Gasteiger partial charge in [0.2, 0.25) is 11.8 Å². The van der Waals surface area contributed by atoms with Crippen LogP contribution in [0.5, 0.6) is 0 Å². The van der Waals surface area contributed by atoms with E-state index in [1.807, 2.05) is 44.2 Å². The smallest absolute Gasteiger partial charge is 0.243 e. The summed E-state index contributed by atoms with van der Waals surface area (Å²) in [5.74, 6) is -1.08. The Balaban J connectivity index is 2.00. The summed E-state index contributed by atoms with van der Waals surface area (Å²) in [5.41, 5.74) is 1.91. The molecular formula is C28H29Cl2FN2O2. The number of hydrogen-bond donors (Lipinski definition) is 1. The molecule has 0 aliphatic carbocycles. The standard InChI is InChI=1S/C28H29Cl2FN2O2/c1-3-19(2)32-28(35)26(16-20-9-5-4-6-10-20)33(18-21-13-14-23(29)24(30)15-21)27(34)17-22-11-7-8-12-25(22)31/h4-15,19,26H,3,16-18H2,1-2H3,(H,32,35)/t19-,26-/m1/s1. The van der Waals surface area contributed by atoms with Crippen LogP contribution in [0.4, 0.5) is 4.39 Å². The summed E-state index contributed by atoms with van der Waals surface area (Å²) in [6.07, 6.45) is 0.892. The Morgan fingerprint density at radius 2 is 1.63 bits per heavy atom. The van der Waals surface area contributed by atoms with E-state index in [1.165, 1.54) is 11.0 Å². The number of carbonyl (C=O) groups is 2. The highest BCUT2D eigenvalue weighted by Gasteiger charge is 2.31. The zero-order valence-electron chi connectivity index (χ0n) is 19.8. The van der Waals surface area contributed by atoms with E-state index in [0.717, 1.165) is 17.5 Å². The molecule has 0 spiro atoms. The molecule has 0 saturated heterocycles. The van der Waals surface area contributed by atoms with Crippen LogP contribution < -0.4 is 5.32 Å². The summed E-state index contributed by atoms with van der Waals surface area (Å²) >= 11 is 12.3. The lowest BCUT2D eigenvalue weighted by molar-refractivity contribution is -0.141. The highest BCUT2D eigenvalue weighted by Crippen LogP contribution is 2.25. The molecule has 0 radical (unpaired) electrons. The molecule has 35 heavy (non-hydrogen) atoms. The van der Waals surface area contributed by atoms with E-state index in [1.54, 1.807) is 36.4 Å². The molecule has 0 saturated carbocycles. The van der Waals surface area contributed by atoms with Crippen molar-refractivity contribution in [3.8, 4) is 0 Å². The van der Waals surface area contributed by atoms with E-state index in [-0.39, 0.29) is 36.4 Å². The van der Waals surface area contributed by atoms with Crippen LogP contribution in [0.2, 0.25) is 10.0 Å². The van der Waals surface area contributed by atoms with Gasteiger partial charge in [-0.15, -0.1) is 0 Å². The van der Waals surface area contributed by atoms with Gasteiger partial charge >= 0.3 is 0 Å². The van der Waals surface area contributed by atoms with Gasteiger partial charge in [0, 0.05) is 19.0 Å². The molecule has 4 nitrogen and oxygen atoms in total. The van der Waals surface area contributed by atoms with Gasteiger partial charge in [0.1, 0.15) is 11.9 Å². The average Bonchev–Trinajstić information content (AvgIpc) is 2.85. The fourth-order valence-corrected chi connectivity index (χ4v) is 4.06. The fraction of sp³-hybridized carbons (Fsp3) is 0.286. The van der Waals surface area contributed by atoms with E-state index < -0.39 is 11.9 Å². The van der Waals surface area contributed by atoms with Crippen molar-refractivity contribution in [2.24, 2.45) is 0 Å². The van der Waals surface area contributed by atoms with E-state index in [9.17, 15) is 14.0 Å². The highest BCUT2D eigenvalue weighted by molar-refractivity contribution is 6.42. The SMILES string of the molecule is CC[C@@H](C)NC(=O)[C@@H](Cc1ccccc1)N(Cc1ccc(Cl)c(Cl)c1)C(=O)Cc1ccccc1F. The molecule has 0 aliphatic heterocycles. The first-order valence-corrected chi connectivity index (χ1v) is 12.3. The maximum atomic E-state index is 14.4. The third-order valence-corrected chi connectivity index (χ3v) is 6.65. The van der Waals surface area contributed by atoms with Crippen LogP contribution in [-0.4, -0.2) is 28.8 Å². The topological polar surface area (TPSA) is 49.4 Å². The molecule has 3 rings (SSSR count). The Labute approximate surface area is 216 Å². The first kappa shape index (κ1) is 26.7. The van der Waals surface area contributed by atoms with Crippen molar-refractivity contribution in [2.45, 2.75) is 51.7 Å². The van der Waals surface area contributed by atoms with Crippen LogP contribution in [-0.2, 0) is 29.0 Å². The van der Waals surface area contributed by atoms with Gasteiger partial charge in [-0.1, -0.05) is 84.7 Å². The summed E-state index contributed by atoms with van der Waals surface area (Å²) in [4.78, 5) is 28.6. The van der Waals surface area contributed by atoms with Gasteiger partial charge in [-0.05, 0) is 48.2 Å². The van der Waals surface area contributed by atoms with Crippen molar-refractivity contribution in [1.29, 1.82) is 0 Å². The van der Waals surface area contributed by atoms with Crippen molar-refractivity contribution in [2.75, 3.05) is 0 Å². The first-order valence-electron chi connectivity index (χ1n) is 11.6. The van der Waals surface area contributed by atoms with Gasteiger partial charge in [0.25, 0.3) is 0 Å². The van der Waals surface area contributed by atoms with Gasteiger partial charge in [-0.2, -0.15) is 0 Å². The van der Waals surface area contributed by atoms with Crippen LogP contribution in [0.3, 0.4) is 0 Å². The van der Waals surface area contributed by atoms with Gasteiger partial charge < -0.3 is 10.2 Å². The molecule has 184 valence electrons. The Morgan fingerprint density at radius 3 is 2.29 bits per heavy atom. The van der Waals surface area contributed by atoms with Crippen molar-refractivity contribution < 1.29 is 14.0 Å². The molecular weight excluding hydrogens is 486 g/mol. The number of benzene rings is 3. The van der Waals surface area contributed by atoms with E-state index in [2.05, 4.69) is 5.32 Å². The lowest BCUT2D eigenvalue weighted by Crippen LogP contribution is -2.52. The molecule has 3 aromatic rings. The summed E-state index contributed by atoms with van der Waals surface area (Å²) in [6.45, 7) is 4.02. The number of nitrogens with one attached hydrogen (secondary N) is 1. The molecule has 0 heterocycles. The van der Waals surface area contributed by atoms with Gasteiger partial charge in [-0.3, -0.25) is 9.59 Å². The minimum absolute atomic E-state index is 0.0609. The minimum Gasteiger partial charge on any atom is -0.352 e. The van der Waals surface area contributed by atoms with Crippen molar-refractivity contribution in [1.82, 2.24) is 10.2 Å². The normalized spacial score (nSPS) is 12.6. The molecule has 0 aromatic heterocycles. The summed E-state index contributed by atoms with van der Waals surface area (Å²) < 4.78 is 14.4. The molecule has 0 fully saturated rings. The molecule has 1 N–H and O–H groups in total. The third kappa shape index (κ3) is 7.55. The average molecular weight is 515 g/mol. The molecule has 2 atom stereocenters. The van der Waals surface area contributed by atoms with E-state index >= 15 is 0 Å². The van der Waals surface area contributed by atoms with Crippen LogP contribution in [0.1, 0.15) is 37.0 Å². The predicted molar refractivity (Wildman–Crippen MR) is 139 cm³/mol. The van der Waals surface area contributed by atoms with Crippen LogP contribution in [0.15, 0.2) is 72.8 Å². The van der Waals surface area contributed by atoms with Gasteiger partial charge in [0.05, 0.1) is 16.5 Å². The van der Waals surface area contributed by atoms with Crippen molar-refractivity contribution in [3.05, 3.63) is 105 Å². The Kier molecular flexibility index (Phi) is 9.70. The number of amides is 2. The van der Waals surface area contributed by atoms with Crippen LogP contribution in [0, 0.1) is 5.82 Å². The summed E-state index contributed by atoms with van der Waals surface area (Å²) in [6, 6.07) is 19.9. The summed E-state index contributed by atoms with van der Waals surface area (Å²) in [5, 5.41) is 3.77. The Bertz CT molecular complexity index is 1160. The molecule has 0 unspecified atom stereocenters. The quantitative estimate of drug-likeness (QED) is 0.348. The number of hydrogen-bond acceptors (Lipinski definition) is 2. The van der Waals surface area contributed by atoms with Crippen molar-refractivity contribution in [3.63, 3.8) is 0 Å². The largest absolute Gasteiger partial charge is 0.352 e. The predicted octanol–water partition coefficient (Wildman–Crippen LogP) is 6.23. The fourth-order valence-electron chi connectivity index (χ4n) is 3.74. The first-order chi connectivity index (χ1) is 16.8. The summed E-state index contributed by atoms with van der Waals surface area (Å²) in [7, 11) is 0. The maximum absolute atomic E-state index is 14.4. The third-order valence-electron chi connectivity index (χ3n) is 5.91. The lowest BCUT2D eigenvalue weighted by Gasteiger charge is -2.32. The Hall–Kier alpha value is -2.89. The lowest BCUT2D eigenvalue weighted by atomic mass is 10.0. The zero-order chi connectivity index (χ0) is 25.4. The van der Waals surface area contributed by atoms with E-state index in [0.29, 0.717) is 16.5 Å². The van der Waals surface area contributed by atoms with Gasteiger partial charge in [-0.25, -0.2) is 4.39 Å². The number of rotatable bonds is 10. The highest BCUT2D eigenvalue weighted by atomic mass is 35.5. The molecule has 0 aliphatic rings. The second-order valence-electron chi connectivity index (χ2n) is 8.56. The van der Waals surface area contributed by atoms with Gasteiger partial charge in [0.15, 0.2) is 0 Å². The second kappa shape index (κ2) is 12.7. The molecule has 0 bridgehead atoms. The number of carbonyl (C=O) groups excluding carboxylic acids is 2. The zero-order valence-corrected chi connectivity index (χ0v) is 21.3. The molecule has 7 heteroatoms. The molecule has 2 amide bonds. The van der Waals surface area contributed by atoms with Crippen molar-refractivity contribution >= 4 is 35.0 Å². The minimum atomic E-state index is -0.805. The Morgan fingerprint density at radius 1 is 0.943 bits per heavy atom. The van der Waals surface area contributed by atoms with Crippen LogP contribution >= 0.6 is 23.2 Å². The second-order valence-corrected chi connectivity index (χ2v) is 9.38. The maximum Gasteiger partial charge on any atom is 0.243 e. The monoisotopic (exact) mass is 514 g/mol. The van der Waals surface area contributed by atoms with Crippen LogP contribution in [0.25, 0.3) is 0 Å².